The van der Waals surface area contributed by atoms with E-state index in [2.05, 4.69) is 20.0 Å². The van der Waals surface area contributed by atoms with Gasteiger partial charge in [0.1, 0.15) is 5.75 Å². The number of amides is 1. The van der Waals surface area contributed by atoms with Crippen LogP contribution in [0.2, 0.25) is 0 Å². The van der Waals surface area contributed by atoms with Crippen LogP contribution < -0.4 is 24.2 Å². The van der Waals surface area contributed by atoms with E-state index in [1.807, 2.05) is 0 Å². The molecule has 0 bridgehead atoms. The number of carbonyl (C=O) groups is 2. The molecule has 3 aromatic rings. The van der Waals surface area contributed by atoms with Crippen LogP contribution in [0.5, 0.6) is 17.6 Å². The van der Waals surface area contributed by atoms with Crippen LogP contribution in [0.25, 0.3) is 0 Å². The van der Waals surface area contributed by atoms with Crippen molar-refractivity contribution in [3.63, 3.8) is 0 Å². The summed E-state index contributed by atoms with van der Waals surface area (Å²) in [6, 6.07) is 12.8. The molecule has 33 heavy (non-hydrogen) atoms. The Kier molecular flexibility index (Phi) is 7.08. The van der Waals surface area contributed by atoms with Crippen molar-refractivity contribution in [1.29, 1.82) is 0 Å². The number of hydrogen-bond acceptors (Lipinski definition) is 9. The number of methoxy groups -OCH3 is 2. The summed E-state index contributed by atoms with van der Waals surface area (Å²) in [5, 5.41) is 2.66. The van der Waals surface area contributed by atoms with Crippen molar-refractivity contribution in [2.24, 2.45) is 0 Å². The number of nitrogens with one attached hydrogen (secondary N) is 2. The van der Waals surface area contributed by atoms with Crippen LogP contribution in [-0.4, -0.2) is 44.5 Å². The molecule has 2 aromatic carbocycles. The molecule has 1 aromatic heterocycles. The molecule has 12 heteroatoms. The molecule has 0 fully saturated rings. The maximum absolute atomic E-state index is 12.7. The smallest absolute Gasteiger partial charge is 0.321 e. The molecule has 0 atom stereocenters. The Morgan fingerprint density at radius 1 is 0.909 bits per heavy atom. The van der Waals surface area contributed by atoms with E-state index in [0.29, 0.717) is 17.0 Å². The fourth-order valence-electron chi connectivity index (χ4n) is 2.61. The lowest BCUT2D eigenvalue weighted by Crippen LogP contribution is -2.15. The molecule has 2 N–H and O–H groups in total. The second-order valence-electron chi connectivity index (χ2n) is 6.48. The van der Waals surface area contributed by atoms with Crippen molar-refractivity contribution in [3.05, 3.63) is 60.2 Å². The summed E-state index contributed by atoms with van der Waals surface area (Å²) < 4.78 is 42.6. The minimum absolute atomic E-state index is 0.0340. The van der Waals surface area contributed by atoms with Gasteiger partial charge in [-0.15, -0.1) is 0 Å². The highest BCUT2D eigenvalue weighted by molar-refractivity contribution is 7.92. The van der Waals surface area contributed by atoms with E-state index in [1.165, 1.54) is 75.7 Å². The van der Waals surface area contributed by atoms with Crippen LogP contribution in [0.1, 0.15) is 17.3 Å². The molecule has 3 rings (SSSR count). The molecular weight excluding hydrogens is 452 g/mol. The summed E-state index contributed by atoms with van der Waals surface area (Å²) in [6.45, 7) is 1.28. The van der Waals surface area contributed by atoms with E-state index in [0.717, 1.165) is 0 Å². The van der Waals surface area contributed by atoms with Crippen molar-refractivity contribution in [3.8, 4) is 17.6 Å². The van der Waals surface area contributed by atoms with Gasteiger partial charge in [0, 0.05) is 24.2 Å². The molecule has 1 amide bonds. The van der Waals surface area contributed by atoms with Crippen LogP contribution in [0.4, 0.5) is 11.5 Å². The fourth-order valence-corrected chi connectivity index (χ4v) is 3.60. The zero-order chi connectivity index (χ0) is 24.0. The largest absolute Gasteiger partial charge is 0.481 e. The van der Waals surface area contributed by atoms with Gasteiger partial charge in [0.15, 0.2) is 5.82 Å². The summed E-state index contributed by atoms with van der Waals surface area (Å²) in [5.41, 5.74) is 0.712. The maximum Gasteiger partial charge on any atom is 0.321 e. The second kappa shape index (κ2) is 9.96. The number of esters is 1. The molecule has 0 unspecified atom stereocenters. The van der Waals surface area contributed by atoms with Gasteiger partial charge in [-0.1, -0.05) is 0 Å². The predicted octanol–water partition coefficient (Wildman–Crippen LogP) is 2.47. The van der Waals surface area contributed by atoms with Crippen molar-refractivity contribution in [2.45, 2.75) is 11.8 Å². The summed E-state index contributed by atoms with van der Waals surface area (Å²) in [7, 11) is -1.26. The molecule has 0 aliphatic rings. The van der Waals surface area contributed by atoms with Gasteiger partial charge < -0.3 is 19.5 Å². The van der Waals surface area contributed by atoms with Crippen LogP contribution in [0.3, 0.4) is 0 Å². The molecule has 172 valence electrons. The molecule has 0 saturated carbocycles. The molecule has 11 nitrogen and oxygen atoms in total. The lowest BCUT2D eigenvalue weighted by atomic mass is 10.2. The molecule has 0 aliphatic carbocycles. The summed E-state index contributed by atoms with van der Waals surface area (Å²) in [5.74, 6) is -0.472. The first-order valence-electron chi connectivity index (χ1n) is 9.40. The van der Waals surface area contributed by atoms with E-state index in [4.69, 9.17) is 14.2 Å². The van der Waals surface area contributed by atoms with Gasteiger partial charge in [0.05, 0.1) is 19.1 Å². The Labute approximate surface area is 189 Å². The van der Waals surface area contributed by atoms with E-state index >= 15 is 0 Å². The average molecular weight is 472 g/mol. The Morgan fingerprint density at radius 3 is 2.15 bits per heavy atom. The summed E-state index contributed by atoms with van der Waals surface area (Å²) >= 11 is 0. The summed E-state index contributed by atoms with van der Waals surface area (Å²) in [6.07, 6.45) is 0. The number of rotatable bonds is 8. The maximum atomic E-state index is 12.7. The van der Waals surface area contributed by atoms with Gasteiger partial charge in [-0.25, -0.2) is 8.42 Å². The van der Waals surface area contributed by atoms with Crippen molar-refractivity contribution in [2.75, 3.05) is 24.3 Å². The van der Waals surface area contributed by atoms with Gasteiger partial charge in [-0.2, -0.15) is 9.97 Å². The van der Waals surface area contributed by atoms with Gasteiger partial charge >= 0.3 is 12.0 Å². The number of hydrogen-bond donors (Lipinski definition) is 2. The monoisotopic (exact) mass is 472 g/mol. The number of carbonyl (C=O) groups excluding carboxylic acids is 2. The molecule has 0 spiro atoms. The minimum atomic E-state index is -3.98. The topological polar surface area (TPSA) is 146 Å². The molecule has 0 aliphatic heterocycles. The van der Waals surface area contributed by atoms with Gasteiger partial charge in [-0.05, 0) is 48.5 Å². The van der Waals surface area contributed by atoms with Gasteiger partial charge in [0.25, 0.3) is 15.9 Å². The highest BCUT2D eigenvalue weighted by atomic mass is 32.2. The Balaban J connectivity index is 1.70. The lowest BCUT2D eigenvalue weighted by Gasteiger charge is -2.10. The van der Waals surface area contributed by atoms with E-state index in [1.54, 1.807) is 0 Å². The standard InChI is InChI=1S/C21H20N4O7S/c1-13(26)32-16-8-4-14(5-9-16)20(27)22-15-6-10-17(11-7-15)33(28,29)25-18-12-19(30-2)24-21(23-18)31-3/h4-12H,1-3H3,(H,22,27)(H,23,24,25). The Bertz CT molecular complexity index is 1240. The first-order chi connectivity index (χ1) is 15.7. The van der Waals surface area contributed by atoms with Crippen molar-refractivity contribution in [1.82, 2.24) is 9.97 Å². The van der Waals surface area contributed by atoms with E-state index in [-0.39, 0.29) is 22.6 Å². The third kappa shape index (κ3) is 6.17. The predicted molar refractivity (Wildman–Crippen MR) is 118 cm³/mol. The normalized spacial score (nSPS) is 10.8. The molecule has 1 heterocycles. The average Bonchev–Trinajstić information content (AvgIpc) is 2.78. The van der Waals surface area contributed by atoms with Crippen LogP contribution in [-0.2, 0) is 14.8 Å². The first-order valence-corrected chi connectivity index (χ1v) is 10.9. The number of ether oxygens (including phenoxy) is 3. The minimum Gasteiger partial charge on any atom is -0.481 e. The summed E-state index contributed by atoms with van der Waals surface area (Å²) in [4.78, 5) is 31.2. The zero-order valence-electron chi connectivity index (χ0n) is 17.9. The second-order valence-corrected chi connectivity index (χ2v) is 8.17. The number of sulfonamides is 1. The first kappa shape index (κ1) is 23.5. The molecular formula is C21H20N4O7S. The number of nitrogens with zero attached hydrogens (tertiary/aromatic N) is 2. The van der Waals surface area contributed by atoms with E-state index < -0.39 is 21.9 Å². The number of benzene rings is 2. The SMILES string of the molecule is COc1cc(NS(=O)(=O)c2ccc(NC(=O)c3ccc(OC(C)=O)cc3)cc2)nc(OC)n1. The number of anilines is 2. The van der Waals surface area contributed by atoms with Gasteiger partial charge in [-0.3, -0.25) is 14.3 Å². The number of aromatic nitrogens is 2. The third-order valence-electron chi connectivity index (χ3n) is 4.11. The van der Waals surface area contributed by atoms with E-state index in [9.17, 15) is 18.0 Å². The lowest BCUT2D eigenvalue weighted by molar-refractivity contribution is -0.131. The highest BCUT2D eigenvalue weighted by Crippen LogP contribution is 2.22. The van der Waals surface area contributed by atoms with Crippen LogP contribution >= 0.6 is 0 Å². The van der Waals surface area contributed by atoms with Crippen molar-refractivity contribution >= 4 is 33.4 Å². The van der Waals surface area contributed by atoms with Crippen LogP contribution in [0.15, 0.2) is 59.5 Å². The van der Waals surface area contributed by atoms with Gasteiger partial charge in [0.2, 0.25) is 5.88 Å². The van der Waals surface area contributed by atoms with Crippen LogP contribution in [0, 0.1) is 0 Å². The fraction of sp³-hybridized carbons (Fsp3) is 0.143. The molecule has 0 radical (unpaired) electrons. The Morgan fingerprint density at radius 2 is 1.58 bits per heavy atom. The van der Waals surface area contributed by atoms with Crippen molar-refractivity contribution < 1.29 is 32.2 Å². The highest BCUT2D eigenvalue weighted by Gasteiger charge is 2.17. The zero-order valence-corrected chi connectivity index (χ0v) is 18.7. The quantitative estimate of drug-likeness (QED) is 0.373. The molecule has 0 saturated heterocycles. The third-order valence-corrected chi connectivity index (χ3v) is 5.48. The Hall–Kier alpha value is -4.19.